The summed E-state index contributed by atoms with van der Waals surface area (Å²) >= 11 is 0. The predicted molar refractivity (Wildman–Crippen MR) is 108 cm³/mol. The van der Waals surface area contributed by atoms with Crippen LogP contribution in [0.1, 0.15) is 23.7 Å². The van der Waals surface area contributed by atoms with Gasteiger partial charge in [-0.1, -0.05) is 53.7 Å². The van der Waals surface area contributed by atoms with Crippen LogP contribution in [0.5, 0.6) is 5.75 Å². The standard InChI is InChI=1S/C22H21N3O3/c1-2-27-22(26)13-12-19-10-6-7-11-21(19)28-17-20-16-25(24-23-20)15-14-18-8-4-3-5-9-18/h3-16H,2,17H2,1H3/b13-12+,15-14+. The Kier molecular flexibility index (Phi) is 6.73. The van der Waals surface area contributed by atoms with Gasteiger partial charge in [0, 0.05) is 17.8 Å². The van der Waals surface area contributed by atoms with Gasteiger partial charge in [0.2, 0.25) is 0 Å². The average molecular weight is 375 g/mol. The number of hydrogen-bond acceptors (Lipinski definition) is 5. The van der Waals surface area contributed by atoms with Gasteiger partial charge in [0.15, 0.2) is 0 Å². The first-order valence-electron chi connectivity index (χ1n) is 8.95. The second-order valence-electron chi connectivity index (χ2n) is 5.83. The summed E-state index contributed by atoms with van der Waals surface area (Å²) in [6, 6.07) is 17.4. The molecule has 0 radical (unpaired) electrons. The zero-order chi connectivity index (χ0) is 19.6. The van der Waals surface area contributed by atoms with E-state index in [9.17, 15) is 4.79 Å². The highest BCUT2D eigenvalue weighted by Crippen LogP contribution is 2.20. The molecule has 0 bridgehead atoms. The molecule has 0 aliphatic heterocycles. The summed E-state index contributed by atoms with van der Waals surface area (Å²) in [4.78, 5) is 11.5. The Morgan fingerprint density at radius 1 is 1.07 bits per heavy atom. The Morgan fingerprint density at radius 2 is 1.86 bits per heavy atom. The van der Waals surface area contributed by atoms with E-state index in [4.69, 9.17) is 9.47 Å². The van der Waals surface area contributed by atoms with Crippen molar-refractivity contribution in [3.8, 4) is 5.75 Å². The minimum Gasteiger partial charge on any atom is -0.487 e. The summed E-state index contributed by atoms with van der Waals surface area (Å²) in [6.45, 7) is 2.38. The van der Waals surface area contributed by atoms with Crippen LogP contribution in [0.15, 0.2) is 66.9 Å². The number of carbonyl (C=O) groups is 1. The molecule has 0 aliphatic rings. The van der Waals surface area contributed by atoms with E-state index < -0.39 is 0 Å². The van der Waals surface area contributed by atoms with Gasteiger partial charge in [-0.05, 0) is 30.7 Å². The van der Waals surface area contributed by atoms with Crippen molar-refractivity contribution in [3.05, 3.63) is 83.7 Å². The predicted octanol–water partition coefficient (Wildman–Crippen LogP) is 4.06. The molecule has 0 fully saturated rings. The number of rotatable bonds is 8. The monoisotopic (exact) mass is 375 g/mol. The van der Waals surface area contributed by atoms with Crippen molar-refractivity contribution in [2.45, 2.75) is 13.5 Å². The van der Waals surface area contributed by atoms with Crippen LogP contribution < -0.4 is 4.74 Å². The molecule has 28 heavy (non-hydrogen) atoms. The van der Waals surface area contributed by atoms with Gasteiger partial charge in [-0.2, -0.15) is 0 Å². The van der Waals surface area contributed by atoms with E-state index in [0.717, 1.165) is 11.1 Å². The number of esters is 1. The lowest BCUT2D eigenvalue weighted by molar-refractivity contribution is -0.137. The van der Waals surface area contributed by atoms with Gasteiger partial charge in [0.1, 0.15) is 18.1 Å². The van der Waals surface area contributed by atoms with Crippen molar-refractivity contribution >= 4 is 24.3 Å². The lowest BCUT2D eigenvalue weighted by Gasteiger charge is -2.07. The largest absolute Gasteiger partial charge is 0.487 e. The summed E-state index contributed by atoms with van der Waals surface area (Å²) < 4.78 is 12.4. The maximum absolute atomic E-state index is 11.5. The molecular formula is C22H21N3O3. The molecule has 1 heterocycles. The highest BCUT2D eigenvalue weighted by atomic mass is 16.5. The van der Waals surface area contributed by atoms with Crippen LogP contribution in [0, 0.1) is 0 Å². The van der Waals surface area contributed by atoms with Gasteiger partial charge in [-0.15, -0.1) is 5.10 Å². The van der Waals surface area contributed by atoms with Gasteiger partial charge in [-0.25, -0.2) is 9.48 Å². The highest BCUT2D eigenvalue weighted by Gasteiger charge is 2.04. The average Bonchev–Trinajstić information content (AvgIpc) is 3.19. The van der Waals surface area contributed by atoms with E-state index in [2.05, 4.69) is 10.3 Å². The topological polar surface area (TPSA) is 66.2 Å². The number of nitrogens with zero attached hydrogens (tertiary/aromatic N) is 3. The quantitative estimate of drug-likeness (QED) is 0.439. The fourth-order valence-corrected chi connectivity index (χ4v) is 2.43. The molecule has 0 unspecified atom stereocenters. The second kappa shape index (κ2) is 9.87. The number of benzene rings is 2. The molecular weight excluding hydrogens is 354 g/mol. The first-order valence-corrected chi connectivity index (χ1v) is 8.95. The summed E-state index contributed by atoms with van der Waals surface area (Å²) in [5, 5.41) is 8.19. The SMILES string of the molecule is CCOC(=O)/C=C/c1ccccc1OCc1cn(/C=C/c2ccccc2)nn1. The van der Waals surface area contributed by atoms with Gasteiger partial charge in [0.05, 0.1) is 12.8 Å². The summed E-state index contributed by atoms with van der Waals surface area (Å²) in [5.74, 6) is 0.267. The first-order chi connectivity index (χ1) is 13.7. The molecule has 6 heteroatoms. The highest BCUT2D eigenvalue weighted by molar-refractivity contribution is 5.87. The van der Waals surface area contributed by atoms with Crippen LogP contribution in [0.25, 0.3) is 18.4 Å². The van der Waals surface area contributed by atoms with Crippen molar-refractivity contribution in [2.75, 3.05) is 6.61 Å². The van der Waals surface area contributed by atoms with Crippen molar-refractivity contribution in [3.63, 3.8) is 0 Å². The Morgan fingerprint density at radius 3 is 2.68 bits per heavy atom. The molecule has 0 saturated carbocycles. The van der Waals surface area contributed by atoms with E-state index in [1.54, 1.807) is 23.9 Å². The normalized spacial score (nSPS) is 11.2. The third-order valence-corrected chi connectivity index (χ3v) is 3.76. The van der Waals surface area contributed by atoms with E-state index in [1.807, 2.05) is 66.9 Å². The van der Waals surface area contributed by atoms with Crippen LogP contribution in [0.2, 0.25) is 0 Å². The maximum atomic E-state index is 11.5. The molecule has 0 N–H and O–H groups in total. The zero-order valence-electron chi connectivity index (χ0n) is 15.6. The van der Waals surface area contributed by atoms with Crippen molar-refractivity contribution in [2.24, 2.45) is 0 Å². The molecule has 0 aliphatic carbocycles. The summed E-state index contributed by atoms with van der Waals surface area (Å²) in [7, 11) is 0. The van der Waals surface area contributed by atoms with Gasteiger partial charge < -0.3 is 9.47 Å². The Hall–Kier alpha value is -3.67. The minimum atomic E-state index is -0.384. The van der Waals surface area contributed by atoms with Gasteiger partial charge >= 0.3 is 5.97 Å². The van der Waals surface area contributed by atoms with E-state index in [1.165, 1.54) is 6.08 Å². The van der Waals surface area contributed by atoms with Gasteiger partial charge in [-0.3, -0.25) is 0 Å². The van der Waals surface area contributed by atoms with E-state index in [-0.39, 0.29) is 12.6 Å². The minimum absolute atomic E-state index is 0.267. The first kappa shape index (κ1) is 19.1. The van der Waals surface area contributed by atoms with E-state index in [0.29, 0.717) is 18.1 Å². The number of ether oxygens (including phenoxy) is 2. The molecule has 0 spiro atoms. The van der Waals surface area contributed by atoms with Gasteiger partial charge in [0.25, 0.3) is 0 Å². The Bertz CT molecular complexity index is 962. The fourth-order valence-electron chi connectivity index (χ4n) is 2.43. The summed E-state index contributed by atoms with van der Waals surface area (Å²) in [6.07, 6.45) is 8.65. The molecule has 3 rings (SSSR count). The third kappa shape index (κ3) is 5.67. The van der Waals surface area contributed by atoms with Crippen LogP contribution in [-0.2, 0) is 16.1 Å². The number of carbonyl (C=O) groups excluding carboxylic acids is 1. The molecule has 3 aromatic rings. The summed E-state index contributed by atoms with van der Waals surface area (Å²) in [5.41, 5.74) is 2.56. The molecule has 0 amide bonds. The number of aromatic nitrogens is 3. The number of hydrogen-bond donors (Lipinski definition) is 0. The van der Waals surface area contributed by atoms with Crippen LogP contribution in [0.3, 0.4) is 0 Å². The molecule has 6 nitrogen and oxygen atoms in total. The van der Waals surface area contributed by atoms with Crippen molar-refractivity contribution in [1.82, 2.24) is 15.0 Å². The number of para-hydroxylation sites is 1. The second-order valence-corrected chi connectivity index (χ2v) is 5.83. The lowest BCUT2D eigenvalue weighted by atomic mass is 10.2. The van der Waals surface area contributed by atoms with Crippen LogP contribution in [0.4, 0.5) is 0 Å². The zero-order valence-corrected chi connectivity index (χ0v) is 15.6. The molecule has 2 aromatic carbocycles. The Balaban J connectivity index is 1.61. The van der Waals surface area contributed by atoms with Crippen molar-refractivity contribution < 1.29 is 14.3 Å². The fraction of sp³-hybridized carbons (Fsp3) is 0.136. The molecule has 1 aromatic heterocycles. The van der Waals surface area contributed by atoms with Crippen molar-refractivity contribution in [1.29, 1.82) is 0 Å². The Labute approximate surface area is 163 Å². The lowest BCUT2D eigenvalue weighted by Crippen LogP contribution is -1.99. The third-order valence-electron chi connectivity index (χ3n) is 3.76. The smallest absolute Gasteiger partial charge is 0.330 e. The molecule has 142 valence electrons. The van der Waals surface area contributed by atoms with E-state index >= 15 is 0 Å². The van der Waals surface area contributed by atoms with Crippen LogP contribution >= 0.6 is 0 Å². The molecule has 0 atom stereocenters. The maximum Gasteiger partial charge on any atom is 0.330 e. The van der Waals surface area contributed by atoms with Crippen LogP contribution in [-0.4, -0.2) is 27.6 Å². The molecule has 0 saturated heterocycles.